The van der Waals surface area contributed by atoms with Gasteiger partial charge in [0.05, 0.1) is 19.9 Å². The molecule has 0 radical (unpaired) electrons. The van der Waals surface area contributed by atoms with Gasteiger partial charge in [-0.25, -0.2) is 0 Å². The molecule has 7 heteroatoms. The van der Waals surface area contributed by atoms with E-state index < -0.39 is 0 Å². The minimum Gasteiger partial charge on any atom is -0.493 e. The number of aromatic nitrogens is 1. The summed E-state index contributed by atoms with van der Waals surface area (Å²) < 4.78 is 15.8. The van der Waals surface area contributed by atoms with Crippen LogP contribution in [0.4, 0.5) is 0 Å². The Morgan fingerprint density at radius 1 is 1.11 bits per heavy atom. The zero-order valence-electron chi connectivity index (χ0n) is 16.9. The molecular formula is C20H30N4O3. The molecule has 7 nitrogen and oxygen atoms in total. The average Bonchev–Trinajstić information content (AvgIpc) is 2.99. The summed E-state index contributed by atoms with van der Waals surface area (Å²) in [7, 11) is 3.29. The largest absolute Gasteiger partial charge is 0.493 e. The summed E-state index contributed by atoms with van der Waals surface area (Å²) in [6.45, 7) is 8.21. The molecule has 0 fully saturated rings. The molecule has 0 atom stereocenters. The van der Waals surface area contributed by atoms with Crippen LogP contribution in [0, 0.1) is 13.8 Å². The first-order chi connectivity index (χ1) is 13.1. The highest BCUT2D eigenvalue weighted by molar-refractivity contribution is 5.79. The molecule has 0 aliphatic heterocycles. The van der Waals surface area contributed by atoms with Crippen molar-refractivity contribution in [2.45, 2.75) is 33.6 Å². The average molecular weight is 374 g/mol. The van der Waals surface area contributed by atoms with Gasteiger partial charge in [0.1, 0.15) is 5.76 Å². The second-order valence-corrected chi connectivity index (χ2v) is 6.18. The van der Waals surface area contributed by atoms with E-state index in [9.17, 15) is 0 Å². The van der Waals surface area contributed by atoms with Crippen LogP contribution in [0.15, 0.2) is 27.7 Å². The lowest BCUT2D eigenvalue weighted by Crippen LogP contribution is -2.38. The monoisotopic (exact) mass is 374 g/mol. The van der Waals surface area contributed by atoms with E-state index in [1.165, 1.54) is 5.56 Å². The second-order valence-electron chi connectivity index (χ2n) is 6.18. The standard InChI is InChI=1S/C20H30N4O3/c1-6-21-20(23-12-10-17-14(2)24-27-15(17)3)22-11-9-16-7-8-18(25-4)19(13-16)26-5/h7-8,13H,6,9-12H2,1-5H3,(H2,21,22,23). The van der Waals surface area contributed by atoms with Gasteiger partial charge in [0.25, 0.3) is 0 Å². The van der Waals surface area contributed by atoms with Gasteiger partial charge < -0.3 is 24.6 Å². The quantitative estimate of drug-likeness (QED) is 0.519. The molecule has 27 heavy (non-hydrogen) atoms. The van der Waals surface area contributed by atoms with Crippen molar-refractivity contribution < 1.29 is 14.0 Å². The topological polar surface area (TPSA) is 80.9 Å². The number of ether oxygens (including phenoxy) is 2. The molecule has 0 amide bonds. The minimum absolute atomic E-state index is 0.675. The van der Waals surface area contributed by atoms with E-state index >= 15 is 0 Å². The third kappa shape index (κ3) is 5.91. The summed E-state index contributed by atoms with van der Waals surface area (Å²) in [6, 6.07) is 5.98. The molecule has 0 aliphatic carbocycles. The van der Waals surface area contributed by atoms with Crippen LogP contribution in [0.25, 0.3) is 0 Å². The van der Waals surface area contributed by atoms with E-state index in [1.807, 2.05) is 32.0 Å². The molecule has 0 bridgehead atoms. The maximum absolute atomic E-state index is 5.36. The Labute approximate surface area is 161 Å². The number of guanidine groups is 1. The first-order valence-electron chi connectivity index (χ1n) is 9.23. The fraction of sp³-hybridized carbons (Fsp3) is 0.500. The van der Waals surface area contributed by atoms with Crippen LogP contribution in [0.2, 0.25) is 0 Å². The second kappa shape index (κ2) is 10.4. The Kier molecular flexibility index (Phi) is 7.98. The summed E-state index contributed by atoms with van der Waals surface area (Å²) in [5, 5.41) is 10.6. The van der Waals surface area contributed by atoms with E-state index in [0.717, 1.165) is 60.4 Å². The van der Waals surface area contributed by atoms with Crippen molar-refractivity contribution in [3.8, 4) is 11.5 Å². The number of aryl methyl sites for hydroxylation is 2. The van der Waals surface area contributed by atoms with Crippen molar-refractivity contribution >= 4 is 5.96 Å². The van der Waals surface area contributed by atoms with Crippen molar-refractivity contribution in [1.29, 1.82) is 0 Å². The highest BCUT2D eigenvalue weighted by atomic mass is 16.5. The molecule has 0 spiro atoms. The highest BCUT2D eigenvalue weighted by Gasteiger charge is 2.08. The first-order valence-corrected chi connectivity index (χ1v) is 9.23. The fourth-order valence-corrected chi connectivity index (χ4v) is 2.84. The minimum atomic E-state index is 0.675. The Bertz CT molecular complexity index is 736. The summed E-state index contributed by atoms with van der Waals surface area (Å²) in [5.74, 6) is 3.16. The van der Waals surface area contributed by atoms with Crippen molar-refractivity contribution in [2.75, 3.05) is 33.9 Å². The van der Waals surface area contributed by atoms with Crippen LogP contribution in [0.5, 0.6) is 11.5 Å². The molecule has 1 heterocycles. The van der Waals surface area contributed by atoms with Gasteiger partial charge in [-0.15, -0.1) is 0 Å². The van der Waals surface area contributed by atoms with Gasteiger partial charge in [-0.05, 0) is 51.3 Å². The van der Waals surface area contributed by atoms with Crippen LogP contribution in [-0.2, 0) is 12.8 Å². The van der Waals surface area contributed by atoms with Gasteiger partial charge >= 0.3 is 0 Å². The van der Waals surface area contributed by atoms with Gasteiger partial charge in [-0.1, -0.05) is 11.2 Å². The lowest BCUT2D eigenvalue weighted by Gasteiger charge is -2.12. The van der Waals surface area contributed by atoms with Crippen LogP contribution in [0.1, 0.15) is 29.5 Å². The summed E-state index contributed by atoms with van der Waals surface area (Å²) in [6.07, 6.45) is 1.67. The number of hydrogen-bond donors (Lipinski definition) is 2. The van der Waals surface area contributed by atoms with E-state index in [4.69, 9.17) is 14.0 Å². The predicted octanol–water partition coefficient (Wildman–Crippen LogP) is 2.65. The normalized spacial score (nSPS) is 11.4. The molecule has 0 saturated heterocycles. The Balaban J connectivity index is 1.88. The fourth-order valence-electron chi connectivity index (χ4n) is 2.84. The maximum atomic E-state index is 5.36. The molecule has 2 N–H and O–H groups in total. The van der Waals surface area contributed by atoms with Crippen molar-refractivity contribution in [2.24, 2.45) is 4.99 Å². The van der Waals surface area contributed by atoms with E-state index in [0.29, 0.717) is 6.54 Å². The van der Waals surface area contributed by atoms with Crippen molar-refractivity contribution in [3.05, 3.63) is 40.8 Å². The molecule has 0 aliphatic rings. The highest BCUT2D eigenvalue weighted by Crippen LogP contribution is 2.27. The summed E-state index contributed by atoms with van der Waals surface area (Å²) >= 11 is 0. The predicted molar refractivity (Wildman–Crippen MR) is 107 cm³/mol. The molecule has 148 valence electrons. The molecule has 1 aromatic heterocycles. The Morgan fingerprint density at radius 2 is 1.89 bits per heavy atom. The van der Waals surface area contributed by atoms with Crippen LogP contribution < -0.4 is 20.1 Å². The first kappa shape index (κ1) is 20.6. The third-order valence-corrected chi connectivity index (χ3v) is 4.31. The Morgan fingerprint density at radius 3 is 2.52 bits per heavy atom. The summed E-state index contributed by atoms with van der Waals surface area (Å²) in [5.41, 5.74) is 3.25. The number of rotatable bonds is 9. The van der Waals surface area contributed by atoms with Crippen LogP contribution in [-0.4, -0.2) is 45.0 Å². The van der Waals surface area contributed by atoms with Crippen LogP contribution >= 0.6 is 0 Å². The van der Waals surface area contributed by atoms with Gasteiger partial charge in [0, 0.05) is 25.2 Å². The lowest BCUT2D eigenvalue weighted by molar-refractivity contribution is 0.354. The number of benzene rings is 1. The van der Waals surface area contributed by atoms with Crippen LogP contribution in [0.3, 0.4) is 0 Å². The van der Waals surface area contributed by atoms with E-state index in [1.54, 1.807) is 14.2 Å². The number of hydrogen-bond acceptors (Lipinski definition) is 5. The zero-order chi connectivity index (χ0) is 19.6. The van der Waals surface area contributed by atoms with Gasteiger partial charge in [0.2, 0.25) is 0 Å². The number of aliphatic imine (C=N–C) groups is 1. The SMILES string of the molecule is CCNC(=NCCc1c(C)noc1C)NCCc1ccc(OC)c(OC)c1. The molecule has 2 aromatic rings. The van der Waals surface area contributed by atoms with Gasteiger partial charge in [-0.3, -0.25) is 4.99 Å². The molecule has 2 rings (SSSR count). The maximum Gasteiger partial charge on any atom is 0.191 e. The Hall–Kier alpha value is -2.70. The number of methoxy groups -OCH3 is 2. The number of nitrogens with one attached hydrogen (secondary N) is 2. The van der Waals surface area contributed by atoms with Crippen molar-refractivity contribution in [1.82, 2.24) is 15.8 Å². The summed E-state index contributed by atoms with van der Waals surface area (Å²) in [4.78, 5) is 4.64. The van der Waals surface area contributed by atoms with E-state index in [-0.39, 0.29) is 0 Å². The van der Waals surface area contributed by atoms with Crippen molar-refractivity contribution in [3.63, 3.8) is 0 Å². The third-order valence-electron chi connectivity index (χ3n) is 4.31. The molecule has 1 aromatic carbocycles. The van der Waals surface area contributed by atoms with Gasteiger partial charge in [0.15, 0.2) is 17.5 Å². The van der Waals surface area contributed by atoms with E-state index in [2.05, 4.69) is 27.7 Å². The number of nitrogens with zero attached hydrogens (tertiary/aromatic N) is 2. The smallest absolute Gasteiger partial charge is 0.191 e. The molecule has 0 unspecified atom stereocenters. The zero-order valence-corrected chi connectivity index (χ0v) is 16.9. The molecule has 0 saturated carbocycles. The van der Waals surface area contributed by atoms with Gasteiger partial charge in [-0.2, -0.15) is 0 Å². The lowest BCUT2D eigenvalue weighted by atomic mass is 10.1. The molecular weight excluding hydrogens is 344 g/mol.